The highest BCUT2D eigenvalue weighted by atomic mass is 16.2. The van der Waals surface area contributed by atoms with Gasteiger partial charge < -0.3 is 10.2 Å². The van der Waals surface area contributed by atoms with E-state index in [1.165, 1.54) is 0 Å². The molecule has 0 bridgehead atoms. The Labute approximate surface area is 136 Å². The lowest BCUT2D eigenvalue weighted by molar-refractivity contribution is -0.129. The summed E-state index contributed by atoms with van der Waals surface area (Å²) >= 11 is 0. The molecule has 1 aliphatic rings. The zero-order chi connectivity index (χ0) is 16.4. The van der Waals surface area contributed by atoms with Crippen LogP contribution in [-0.2, 0) is 21.4 Å². The summed E-state index contributed by atoms with van der Waals surface area (Å²) in [6.07, 6.45) is 0.667. The molecule has 0 aromatic heterocycles. The molecule has 1 heterocycles. The predicted molar refractivity (Wildman–Crippen MR) is 90.4 cm³/mol. The van der Waals surface area contributed by atoms with E-state index in [-0.39, 0.29) is 18.2 Å². The van der Waals surface area contributed by atoms with Crippen LogP contribution in [0.25, 0.3) is 0 Å². The van der Waals surface area contributed by atoms with Crippen molar-refractivity contribution in [1.82, 2.24) is 5.32 Å². The van der Waals surface area contributed by atoms with Crippen molar-refractivity contribution >= 4 is 17.5 Å². The van der Waals surface area contributed by atoms with Gasteiger partial charge in [0.25, 0.3) is 0 Å². The summed E-state index contributed by atoms with van der Waals surface area (Å²) < 4.78 is 0. The molecule has 2 amide bonds. The minimum Gasteiger partial charge on any atom is -0.359 e. The first-order valence-electron chi connectivity index (χ1n) is 7.70. The second-order valence-corrected chi connectivity index (χ2v) is 5.98. The molecule has 3 rings (SSSR count). The average Bonchev–Trinajstić information content (AvgIpc) is 2.79. The summed E-state index contributed by atoms with van der Waals surface area (Å²) in [5.41, 5.74) is 2.03. The van der Waals surface area contributed by atoms with Gasteiger partial charge in [0.15, 0.2) is 0 Å². The van der Waals surface area contributed by atoms with Crippen molar-refractivity contribution < 1.29 is 9.59 Å². The second-order valence-electron chi connectivity index (χ2n) is 5.98. The molecule has 1 N–H and O–H groups in total. The molecule has 4 heteroatoms. The van der Waals surface area contributed by atoms with E-state index in [1.807, 2.05) is 54.6 Å². The maximum atomic E-state index is 13.1. The molecule has 0 saturated carbocycles. The van der Waals surface area contributed by atoms with Gasteiger partial charge in [0.05, 0.1) is 5.41 Å². The lowest BCUT2D eigenvalue weighted by Gasteiger charge is -2.27. The van der Waals surface area contributed by atoms with E-state index in [2.05, 4.69) is 5.32 Å². The number of likely N-dealkylation sites (N-methyl/N-ethyl adjacent to an activating group) is 1. The molecule has 4 nitrogen and oxygen atoms in total. The fourth-order valence-electron chi connectivity index (χ4n) is 3.43. The number of benzene rings is 2. The van der Waals surface area contributed by atoms with Crippen molar-refractivity contribution in [2.45, 2.75) is 18.3 Å². The van der Waals surface area contributed by atoms with E-state index in [0.717, 1.165) is 16.8 Å². The Bertz CT molecular complexity index is 742. The topological polar surface area (TPSA) is 49.4 Å². The summed E-state index contributed by atoms with van der Waals surface area (Å²) in [5.74, 6) is -0.148. The highest BCUT2D eigenvalue weighted by Gasteiger charge is 2.50. The van der Waals surface area contributed by atoms with Crippen molar-refractivity contribution in [2.24, 2.45) is 0 Å². The third-order valence-corrected chi connectivity index (χ3v) is 4.58. The van der Waals surface area contributed by atoms with Gasteiger partial charge in [-0.2, -0.15) is 0 Å². The molecule has 0 unspecified atom stereocenters. The summed E-state index contributed by atoms with van der Waals surface area (Å²) in [5, 5.41) is 2.66. The van der Waals surface area contributed by atoms with Crippen LogP contribution < -0.4 is 10.2 Å². The van der Waals surface area contributed by atoms with E-state index in [9.17, 15) is 9.59 Å². The molecule has 1 atom stereocenters. The quantitative estimate of drug-likeness (QED) is 0.942. The first-order valence-corrected chi connectivity index (χ1v) is 7.70. The number of para-hydroxylation sites is 1. The molecular formula is C19H20N2O2. The third kappa shape index (κ3) is 2.50. The van der Waals surface area contributed by atoms with Crippen LogP contribution in [0.5, 0.6) is 0 Å². The molecule has 0 saturated heterocycles. The number of hydrogen-bond acceptors (Lipinski definition) is 2. The monoisotopic (exact) mass is 308 g/mol. The smallest absolute Gasteiger partial charge is 0.238 e. The van der Waals surface area contributed by atoms with Gasteiger partial charge in [-0.25, -0.2) is 0 Å². The molecule has 2 aromatic carbocycles. The van der Waals surface area contributed by atoms with Gasteiger partial charge in [-0.15, -0.1) is 0 Å². The zero-order valence-corrected chi connectivity index (χ0v) is 13.4. The number of hydrogen-bond donors (Lipinski definition) is 1. The molecular weight excluding hydrogens is 288 g/mol. The van der Waals surface area contributed by atoms with Crippen molar-refractivity contribution in [3.05, 3.63) is 65.7 Å². The number of amides is 2. The minimum absolute atomic E-state index is 0.0221. The van der Waals surface area contributed by atoms with Crippen LogP contribution in [0.1, 0.15) is 17.5 Å². The van der Waals surface area contributed by atoms with Crippen LogP contribution in [0.3, 0.4) is 0 Å². The van der Waals surface area contributed by atoms with Crippen molar-refractivity contribution in [3.63, 3.8) is 0 Å². The molecule has 0 spiro atoms. The number of nitrogens with one attached hydrogen (secondary N) is 1. The first kappa shape index (κ1) is 15.3. The molecule has 0 fully saturated rings. The Balaban J connectivity index is 2.12. The number of carbonyl (C=O) groups excluding carboxylic acids is 2. The normalized spacial score (nSPS) is 19.6. The minimum atomic E-state index is -0.840. The largest absolute Gasteiger partial charge is 0.359 e. The number of carbonyl (C=O) groups is 2. The molecule has 118 valence electrons. The Morgan fingerprint density at radius 3 is 2.43 bits per heavy atom. The van der Waals surface area contributed by atoms with E-state index in [0.29, 0.717) is 6.42 Å². The van der Waals surface area contributed by atoms with Crippen LogP contribution in [0, 0.1) is 0 Å². The maximum absolute atomic E-state index is 13.1. The summed E-state index contributed by atoms with van der Waals surface area (Å²) in [7, 11) is 3.38. The van der Waals surface area contributed by atoms with E-state index >= 15 is 0 Å². The van der Waals surface area contributed by atoms with Gasteiger partial charge in [-0.1, -0.05) is 48.5 Å². The zero-order valence-electron chi connectivity index (χ0n) is 13.4. The van der Waals surface area contributed by atoms with Crippen molar-refractivity contribution in [3.8, 4) is 0 Å². The Hall–Kier alpha value is -2.62. The first-order chi connectivity index (χ1) is 11.1. The third-order valence-electron chi connectivity index (χ3n) is 4.58. The average molecular weight is 308 g/mol. The fourth-order valence-corrected chi connectivity index (χ4v) is 3.43. The van der Waals surface area contributed by atoms with E-state index < -0.39 is 5.41 Å². The lowest BCUT2D eigenvalue weighted by atomic mass is 9.73. The lowest BCUT2D eigenvalue weighted by Crippen LogP contribution is -2.44. The van der Waals surface area contributed by atoms with Gasteiger partial charge >= 0.3 is 0 Å². The number of anilines is 1. The Morgan fingerprint density at radius 1 is 1.09 bits per heavy atom. The van der Waals surface area contributed by atoms with Gasteiger partial charge in [0.2, 0.25) is 11.8 Å². The molecule has 0 radical (unpaired) electrons. The van der Waals surface area contributed by atoms with Crippen LogP contribution in [0.2, 0.25) is 0 Å². The number of rotatable bonds is 4. The van der Waals surface area contributed by atoms with Crippen LogP contribution in [0.15, 0.2) is 54.6 Å². The molecule has 23 heavy (non-hydrogen) atoms. The summed E-state index contributed by atoms with van der Waals surface area (Å²) in [4.78, 5) is 26.9. The van der Waals surface area contributed by atoms with Crippen molar-refractivity contribution in [2.75, 3.05) is 19.0 Å². The SMILES string of the molecule is CNC(=O)C[C@@]1(Cc2ccccc2)C(=O)N(C)c2ccccc21. The Morgan fingerprint density at radius 2 is 1.74 bits per heavy atom. The van der Waals surface area contributed by atoms with E-state index in [1.54, 1.807) is 19.0 Å². The van der Waals surface area contributed by atoms with Gasteiger partial charge in [-0.05, 0) is 23.6 Å². The van der Waals surface area contributed by atoms with Crippen LogP contribution in [0.4, 0.5) is 5.69 Å². The highest BCUT2D eigenvalue weighted by Crippen LogP contribution is 2.45. The number of nitrogens with zero attached hydrogens (tertiary/aromatic N) is 1. The highest BCUT2D eigenvalue weighted by molar-refractivity contribution is 6.09. The van der Waals surface area contributed by atoms with Gasteiger partial charge in [0, 0.05) is 26.2 Å². The van der Waals surface area contributed by atoms with Crippen molar-refractivity contribution in [1.29, 1.82) is 0 Å². The summed E-state index contributed by atoms with van der Waals surface area (Å²) in [6, 6.07) is 17.6. The Kier molecular flexibility index (Phi) is 3.90. The maximum Gasteiger partial charge on any atom is 0.238 e. The molecule has 0 aliphatic carbocycles. The number of fused-ring (bicyclic) bond motifs is 1. The molecule has 1 aliphatic heterocycles. The summed E-state index contributed by atoms with van der Waals surface area (Å²) in [6.45, 7) is 0. The molecule has 2 aromatic rings. The van der Waals surface area contributed by atoms with Crippen LogP contribution >= 0.6 is 0 Å². The standard InChI is InChI=1S/C19H20N2O2/c1-20-17(22)13-19(12-14-8-4-3-5-9-14)15-10-6-7-11-16(15)21(2)18(19)23/h3-11H,12-13H2,1-2H3,(H,20,22)/t19-/m1/s1. The van der Waals surface area contributed by atoms with E-state index in [4.69, 9.17) is 0 Å². The predicted octanol–water partition coefficient (Wildman–Crippen LogP) is 2.28. The van der Waals surface area contributed by atoms with Gasteiger partial charge in [-0.3, -0.25) is 9.59 Å². The van der Waals surface area contributed by atoms with Crippen LogP contribution in [-0.4, -0.2) is 25.9 Å². The van der Waals surface area contributed by atoms with Gasteiger partial charge in [0.1, 0.15) is 0 Å². The fraction of sp³-hybridized carbons (Fsp3) is 0.263. The second kappa shape index (κ2) is 5.88.